The van der Waals surface area contributed by atoms with Crippen LogP contribution >= 0.6 is 11.6 Å². The van der Waals surface area contributed by atoms with E-state index in [4.69, 9.17) is 11.6 Å². The molecule has 0 saturated heterocycles. The Bertz CT molecular complexity index is 1520. The van der Waals surface area contributed by atoms with Crippen molar-refractivity contribution in [3.05, 3.63) is 106 Å². The first-order valence-electron chi connectivity index (χ1n) is 12.6. The molecule has 206 valence electrons. The highest BCUT2D eigenvalue weighted by Crippen LogP contribution is 2.21. The fourth-order valence-corrected chi connectivity index (χ4v) is 4.28. The zero-order chi connectivity index (χ0) is 28.6. The Morgan fingerprint density at radius 2 is 1.65 bits per heavy atom. The molecule has 0 aliphatic heterocycles. The Balaban J connectivity index is 1.32. The number of amides is 3. The number of halogens is 2. The topological polar surface area (TPSA) is 119 Å². The number of anilines is 3. The van der Waals surface area contributed by atoms with Gasteiger partial charge in [0.1, 0.15) is 11.5 Å². The number of likely N-dealkylation sites (N-methyl/N-ethyl adjacent to an activating group) is 1. The average Bonchev–Trinajstić information content (AvgIpc) is 3.42. The second-order valence-corrected chi connectivity index (χ2v) is 9.32. The summed E-state index contributed by atoms with van der Waals surface area (Å²) in [5.41, 5.74) is 3.22. The summed E-state index contributed by atoms with van der Waals surface area (Å²) >= 11 is 5.95. The minimum Gasteiger partial charge on any atom is -0.370 e. The van der Waals surface area contributed by atoms with E-state index in [1.807, 2.05) is 32.0 Å². The molecule has 0 aliphatic rings. The summed E-state index contributed by atoms with van der Waals surface area (Å²) in [6.45, 7) is 5.82. The number of hydrogen-bond donors (Lipinski definition) is 4. The minimum absolute atomic E-state index is 0.00537. The van der Waals surface area contributed by atoms with Gasteiger partial charge in [-0.2, -0.15) is 0 Å². The Kier molecular flexibility index (Phi) is 9.13. The number of benzene rings is 3. The predicted octanol–water partition coefficient (Wildman–Crippen LogP) is 5.27. The number of nitrogens with zero attached hydrogens (tertiary/aromatic N) is 2. The lowest BCUT2D eigenvalue weighted by molar-refractivity contribution is 0.0936. The zero-order valence-corrected chi connectivity index (χ0v) is 22.7. The summed E-state index contributed by atoms with van der Waals surface area (Å²) in [5.74, 6) is -2.06. The van der Waals surface area contributed by atoms with Crippen LogP contribution in [0.2, 0.25) is 5.02 Å². The molecule has 0 saturated carbocycles. The van der Waals surface area contributed by atoms with Crippen LogP contribution in [0.3, 0.4) is 0 Å². The second kappa shape index (κ2) is 12.9. The number of aromatic nitrogens is 2. The highest BCUT2D eigenvalue weighted by atomic mass is 35.5. The monoisotopic (exact) mass is 562 g/mol. The molecule has 40 heavy (non-hydrogen) atoms. The third-order valence-electron chi connectivity index (χ3n) is 6.07. The van der Waals surface area contributed by atoms with Gasteiger partial charge in [0, 0.05) is 36.7 Å². The second-order valence-electron chi connectivity index (χ2n) is 8.91. The molecule has 4 N–H and O–H groups in total. The van der Waals surface area contributed by atoms with E-state index < -0.39 is 23.5 Å². The number of carbonyl (C=O) groups is 3. The van der Waals surface area contributed by atoms with Crippen LogP contribution in [0.25, 0.3) is 0 Å². The van der Waals surface area contributed by atoms with Crippen molar-refractivity contribution in [2.24, 2.45) is 0 Å². The fraction of sp³-hybridized carbons (Fsp3) is 0.172. The number of aryl methyl sites for hydroxylation is 1. The molecule has 1 aromatic heterocycles. The SMILES string of the molecule is CCN(CCNC(=O)c1[nH]cnc1C(=O)Nc1ccc(NC(=O)c2ccc(F)cc2Cl)cc1)c1cccc(C)c1. The van der Waals surface area contributed by atoms with Crippen LogP contribution in [0.15, 0.2) is 73.1 Å². The van der Waals surface area contributed by atoms with Gasteiger partial charge in [-0.15, -0.1) is 0 Å². The lowest BCUT2D eigenvalue weighted by Crippen LogP contribution is -2.35. The maximum absolute atomic E-state index is 13.2. The molecule has 3 aromatic carbocycles. The summed E-state index contributed by atoms with van der Waals surface area (Å²) < 4.78 is 13.2. The summed E-state index contributed by atoms with van der Waals surface area (Å²) in [5, 5.41) is 8.19. The van der Waals surface area contributed by atoms with E-state index in [0.29, 0.717) is 24.5 Å². The summed E-state index contributed by atoms with van der Waals surface area (Å²) in [6, 6.07) is 18.0. The van der Waals surface area contributed by atoms with E-state index in [-0.39, 0.29) is 22.0 Å². The Morgan fingerprint density at radius 3 is 2.30 bits per heavy atom. The maximum Gasteiger partial charge on any atom is 0.276 e. The maximum atomic E-state index is 13.2. The van der Waals surface area contributed by atoms with E-state index >= 15 is 0 Å². The molecule has 0 unspecified atom stereocenters. The Labute approximate surface area is 235 Å². The van der Waals surface area contributed by atoms with Crippen LogP contribution in [0.5, 0.6) is 0 Å². The van der Waals surface area contributed by atoms with E-state index in [1.54, 1.807) is 24.3 Å². The molecule has 0 atom stereocenters. The highest BCUT2D eigenvalue weighted by Gasteiger charge is 2.21. The predicted molar refractivity (Wildman–Crippen MR) is 154 cm³/mol. The summed E-state index contributed by atoms with van der Waals surface area (Å²) in [4.78, 5) is 47.0. The highest BCUT2D eigenvalue weighted by molar-refractivity contribution is 6.34. The van der Waals surface area contributed by atoms with Gasteiger partial charge in [-0.3, -0.25) is 14.4 Å². The number of nitrogens with one attached hydrogen (secondary N) is 4. The Hall–Kier alpha value is -4.70. The molecular formula is C29H28ClFN6O3. The van der Waals surface area contributed by atoms with Crippen LogP contribution < -0.4 is 20.9 Å². The van der Waals surface area contributed by atoms with Crippen molar-refractivity contribution in [1.82, 2.24) is 15.3 Å². The lowest BCUT2D eigenvalue weighted by Gasteiger charge is -2.23. The van der Waals surface area contributed by atoms with E-state index in [0.717, 1.165) is 29.9 Å². The van der Waals surface area contributed by atoms with Crippen molar-refractivity contribution >= 4 is 46.4 Å². The molecule has 9 nitrogen and oxygen atoms in total. The quantitative estimate of drug-likeness (QED) is 0.210. The first-order chi connectivity index (χ1) is 19.2. The van der Waals surface area contributed by atoms with Crippen molar-refractivity contribution in [1.29, 1.82) is 0 Å². The molecule has 3 amide bonds. The normalized spacial score (nSPS) is 10.6. The van der Waals surface area contributed by atoms with Crippen molar-refractivity contribution < 1.29 is 18.8 Å². The first-order valence-corrected chi connectivity index (χ1v) is 12.9. The molecule has 11 heteroatoms. The number of hydrogen-bond acceptors (Lipinski definition) is 5. The lowest BCUT2D eigenvalue weighted by atomic mass is 10.2. The van der Waals surface area contributed by atoms with E-state index in [9.17, 15) is 18.8 Å². The van der Waals surface area contributed by atoms with Gasteiger partial charge in [0.05, 0.1) is 16.9 Å². The third kappa shape index (κ3) is 7.03. The van der Waals surface area contributed by atoms with Crippen molar-refractivity contribution in [2.75, 3.05) is 35.2 Å². The van der Waals surface area contributed by atoms with Crippen molar-refractivity contribution in [3.63, 3.8) is 0 Å². The van der Waals surface area contributed by atoms with Gasteiger partial charge in [-0.25, -0.2) is 9.37 Å². The van der Waals surface area contributed by atoms with Crippen molar-refractivity contribution in [2.45, 2.75) is 13.8 Å². The molecule has 0 bridgehead atoms. The molecular weight excluding hydrogens is 535 g/mol. The van der Waals surface area contributed by atoms with Gasteiger partial charge < -0.3 is 25.8 Å². The fourth-order valence-electron chi connectivity index (χ4n) is 4.03. The number of rotatable bonds is 10. The molecule has 0 fully saturated rings. The van der Waals surface area contributed by atoms with Gasteiger partial charge in [0.25, 0.3) is 17.7 Å². The van der Waals surface area contributed by atoms with Crippen molar-refractivity contribution in [3.8, 4) is 0 Å². The van der Waals surface area contributed by atoms with Gasteiger partial charge in [0.2, 0.25) is 0 Å². The van der Waals surface area contributed by atoms with E-state index in [2.05, 4.69) is 36.9 Å². The number of H-pyrrole nitrogens is 1. The largest absolute Gasteiger partial charge is 0.370 e. The smallest absolute Gasteiger partial charge is 0.276 e. The molecule has 1 heterocycles. The van der Waals surface area contributed by atoms with Crippen LogP contribution in [0.4, 0.5) is 21.5 Å². The molecule has 0 radical (unpaired) electrons. The first kappa shape index (κ1) is 28.3. The van der Waals surface area contributed by atoms with Crippen LogP contribution in [-0.4, -0.2) is 47.3 Å². The zero-order valence-electron chi connectivity index (χ0n) is 21.9. The van der Waals surface area contributed by atoms with Crippen LogP contribution in [0.1, 0.15) is 43.8 Å². The van der Waals surface area contributed by atoms with Gasteiger partial charge in [-0.1, -0.05) is 23.7 Å². The molecule has 4 aromatic rings. The molecule has 0 aliphatic carbocycles. The summed E-state index contributed by atoms with van der Waals surface area (Å²) in [6.07, 6.45) is 1.29. The van der Waals surface area contributed by atoms with Crippen LogP contribution in [-0.2, 0) is 0 Å². The summed E-state index contributed by atoms with van der Waals surface area (Å²) in [7, 11) is 0. The molecule has 4 rings (SSSR count). The number of imidazole rings is 1. The van der Waals surface area contributed by atoms with Gasteiger partial charge in [0.15, 0.2) is 5.69 Å². The Morgan fingerprint density at radius 1 is 0.950 bits per heavy atom. The van der Waals surface area contributed by atoms with Gasteiger partial charge >= 0.3 is 0 Å². The number of aromatic amines is 1. The average molecular weight is 563 g/mol. The van der Waals surface area contributed by atoms with Crippen LogP contribution in [0, 0.1) is 12.7 Å². The third-order valence-corrected chi connectivity index (χ3v) is 6.39. The minimum atomic E-state index is -0.573. The van der Waals surface area contributed by atoms with Gasteiger partial charge in [-0.05, 0) is 74.0 Å². The molecule has 0 spiro atoms. The standard InChI is InChI=1S/C29H28ClFN6O3/c1-3-37(22-6-4-5-18(2)15-22)14-13-32-28(39)25-26(34-17-33-25)29(40)36-21-10-8-20(9-11-21)35-27(38)23-12-7-19(31)16-24(23)30/h4-12,15-17H,3,13-14H2,1-2H3,(H,32,39)(H,33,34)(H,35,38)(H,36,40). The van der Waals surface area contributed by atoms with E-state index in [1.165, 1.54) is 12.4 Å². The number of carbonyl (C=O) groups excluding carboxylic acids is 3.